The van der Waals surface area contributed by atoms with Crippen LogP contribution in [0.15, 0.2) is 48.5 Å². The third kappa shape index (κ3) is 5.81. The fraction of sp³-hybridized carbons (Fsp3) is 0.417. The molecule has 3 rings (SSSR count). The topological polar surface area (TPSA) is 66.8 Å². The third-order valence-corrected chi connectivity index (χ3v) is 5.63. The van der Waals surface area contributed by atoms with Gasteiger partial charge < -0.3 is 14.7 Å². The third-order valence-electron chi connectivity index (χ3n) is 5.63. The van der Waals surface area contributed by atoms with Crippen LogP contribution in [0.2, 0.25) is 0 Å². The molecule has 0 spiro atoms. The summed E-state index contributed by atoms with van der Waals surface area (Å²) in [6.45, 7) is 4.04. The molecule has 1 N–H and O–H groups in total. The molecule has 1 aliphatic heterocycles. The molecule has 2 aromatic rings. The first-order valence-electron chi connectivity index (χ1n) is 10.4. The molecule has 2 aromatic carbocycles. The minimum absolute atomic E-state index is 0.0425. The Morgan fingerprint density at radius 3 is 2.44 bits per heavy atom. The van der Waals surface area contributed by atoms with Crippen molar-refractivity contribution in [3.63, 3.8) is 0 Å². The predicted octanol–water partition coefficient (Wildman–Crippen LogP) is 4.90. The van der Waals surface area contributed by atoms with E-state index in [1.54, 1.807) is 23.1 Å². The molecular weight excluding hydrogens is 423 g/mol. The lowest BCUT2D eigenvalue weighted by Crippen LogP contribution is -2.40. The largest absolute Gasteiger partial charge is 0.478 e. The maximum Gasteiger partial charge on any atom is 0.416 e. The van der Waals surface area contributed by atoms with Gasteiger partial charge in [0, 0.05) is 19.0 Å². The highest BCUT2D eigenvalue weighted by Gasteiger charge is 2.31. The van der Waals surface area contributed by atoms with Gasteiger partial charge in [-0.25, -0.2) is 4.79 Å². The number of piperidine rings is 1. The summed E-state index contributed by atoms with van der Waals surface area (Å²) in [7, 11) is 0. The van der Waals surface area contributed by atoms with Crippen LogP contribution in [0.25, 0.3) is 0 Å². The van der Waals surface area contributed by atoms with Gasteiger partial charge in [0.1, 0.15) is 5.75 Å². The number of carboxylic acids is 1. The van der Waals surface area contributed by atoms with E-state index in [1.807, 2.05) is 6.07 Å². The van der Waals surface area contributed by atoms with Gasteiger partial charge in [0.2, 0.25) is 5.91 Å². The van der Waals surface area contributed by atoms with Gasteiger partial charge in [-0.1, -0.05) is 24.3 Å². The van der Waals surface area contributed by atoms with Crippen molar-refractivity contribution in [1.29, 1.82) is 0 Å². The van der Waals surface area contributed by atoms with E-state index in [4.69, 9.17) is 4.74 Å². The summed E-state index contributed by atoms with van der Waals surface area (Å²) in [5.74, 6) is -0.686. The average molecular weight is 449 g/mol. The Kier molecular flexibility index (Phi) is 6.81. The summed E-state index contributed by atoms with van der Waals surface area (Å²) in [6, 6.07) is 11.9. The van der Waals surface area contributed by atoms with E-state index in [0.29, 0.717) is 24.4 Å². The molecule has 1 aliphatic rings. The minimum Gasteiger partial charge on any atom is -0.478 e. The van der Waals surface area contributed by atoms with Gasteiger partial charge in [-0.15, -0.1) is 0 Å². The monoisotopic (exact) mass is 449 g/mol. The highest BCUT2D eigenvalue weighted by atomic mass is 19.4. The zero-order chi connectivity index (χ0) is 23.5. The number of nitrogens with zero attached hydrogens (tertiary/aromatic N) is 1. The molecule has 5 nitrogen and oxygen atoms in total. The first kappa shape index (κ1) is 23.6. The Balaban J connectivity index is 1.65. The van der Waals surface area contributed by atoms with Crippen LogP contribution in [0.5, 0.6) is 5.75 Å². The summed E-state index contributed by atoms with van der Waals surface area (Å²) in [5.41, 5.74) is -0.610. The maximum atomic E-state index is 12.8. The number of likely N-dealkylation sites (tertiary alicyclic amines) is 1. The van der Waals surface area contributed by atoms with E-state index < -0.39 is 23.3 Å². The SMILES string of the molecule is CC(C)(Oc1cccc(C2CCCN(C(=O)Cc3ccc(C(F)(F)F)cc3)C2)c1)C(=O)O. The summed E-state index contributed by atoms with van der Waals surface area (Å²) >= 11 is 0. The zero-order valence-electron chi connectivity index (χ0n) is 18.0. The Morgan fingerprint density at radius 1 is 1.12 bits per heavy atom. The van der Waals surface area contributed by atoms with E-state index in [1.165, 1.54) is 26.0 Å². The number of carboxylic acid groups (broad SMARTS) is 1. The van der Waals surface area contributed by atoms with Gasteiger partial charge in [-0.2, -0.15) is 13.2 Å². The van der Waals surface area contributed by atoms with Gasteiger partial charge in [-0.3, -0.25) is 4.79 Å². The molecular formula is C24H26F3NO4. The fourth-order valence-corrected chi connectivity index (χ4v) is 3.74. The van der Waals surface area contributed by atoms with Crippen molar-refractivity contribution in [3.05, 3.63) is 65.2 Å². The first-order valence-corrected chi connectivity index (χ1v) is 10.4. The number of hydrogen-bond donors (Lipinski definition) is 1. The lowest BCUT2D eigenvalue weighted by molar-refractivity contribution is -0.152. The maximum absolute atomic E-state index is 12.8. The molecule has 32 heavy (non-hydrogen) atoms. The zero-order valence-corrected chi connectivity index (χ0v) is 18.0. The number of benzene rings is 2. The van der Waals surface area contributed by atoms with Gasteiger partial charge in [0.25, 0.3) is 0 Å². The molecule has 1 fully saturated rings. The van der Waals surface area contributed by atoms with Gasteiger partial charge in [0.05, 0.1) is 12.0 Å². The number of ether oxygens (including phenoxy) is 1. The van der Waals surface area contributed by atoms with E-state index in [2.05, 4.69) is 0 Å². The predicted molar refractivity (Wildman–Crippen MR) is 112 cm³/mol. The van der Waals surface area contributed by atoms with Crippen LogP contribution in [-0.4, -0.2) is 40.6 Å². The van der Waals surface area contributed by atoms with Gasteiger partial charge >= 0.3 is 12.1 Å². The van der Waals surface area contributed by atoms with Crippen molar-refractivity contribution in [3.8, 4) is 5.75 Å². The molecule has 1 unspecified atom stereocenters. The molecule has 1 heterocycles. The molecule has 0 radical (unpaired) electrons. The molecule has 8 heteroatoms. The van der Waals surface area contributed by atoms with Crippen LogP contribution >= 0.6 is 0 Å². The van der Waals surface area contributed by atoms with E-state index in [9.17, 15) is 27.9 Å². The van der Waals surface area contributed by atoms with Crippen molar-refractivity contribution in [2.75, 3.05) is 13.1 Å². The molecule has 0 aromatic heterocycles. The molecule has 1 atom stereocenters. The Morgan fingerprint density at radius 2 is 1.81 bits per heavy atom. The van der Waals surface area contributed by atoms with Crippen LogP contribution < -0.4 is 4.74 Å². The summed E-state index contributed by atoms with van der Waals surface area (Å²) < 4.78 is 43.8. The lowest BCUT2D eigenvalue weighted by atomic mass is 9.90. The highest BCUT2D eigenvalue weighted by Crippen LogP contribution is 2.31. The molecule has 0 aliphatic carbocycles. The number of alkyl halides is 3. The molecule has 172 valence electrons. The van der Waals surface area contributed by atoms with E-state index in [0.717, 1.165) is 30.5 Å². The Bertz CT molecular complexity index is 970. The fourth-order valence-electron chi connectivity index (χ4n) is 3.74. The normalized spacial score (nSPS) is 17.2. The number of halogens is 3. The highest BCUT2D eigenvalue weighted by molar-refractivity contribution is 5.79. The summed E-state index contributed by atoms with van der Waals surface area (Å²) in [6.07, 6.45) is -2.69. The number of rotatable bonds is 6. The quantitative estimate of drug-likeness (QED) is 0.682. The second-order valence-corrected chi connectivity index (χ2v) is 8.54. The second kappa shape index (κ2) is 9.22. The first-order chi connectivity index (χ1) is 15.0. The lowest BCUT2D eigenvalue weighted by Gasteiger charge is -2.33. The summed E-state index contributed by atoms with van der Waals surface area (Å²) in [5, 5.41) is 9.27. The molecule has 0 bridgehead atoms. The van der Waals surface area contributed by atoms with Crippen molar-refractivity contribution in [2.24, 2.45) is 0 Å². The number of hydrogen-bond acceptors (Lipinski definition) is 3. The van der Waals surface area contributed by atoms with Crippen LogP contribution in [-0.2, 0) is 22.2 Å². The summed E-state index contributed by atoms with van der Waals surface area (Å²) in [4.78, 5) is 25.8. The van der Waals surface area contributed by atoms with Gasteiger partial charge in [-0.05, 0) is 62.1 Å². The van der Waals surface area contributed by atoms with Crippen LogP contribution in [0.3, 0.4) is 0 Å². The van der Waals surface area contributed by atoms with Crippen molar-refractivity contribution in [1.82, 2.24) is 4.90 Å². The second-order valence-electron chi connectivity index (χ2n) is 8.54. The average Bonchev–Trinajstić information content (AvgIpc) is 2.73. The van der Waals surface area contributed by atoms with E-state index in [-0.39, 0.29) is 18.2 Å². The van der Waals surface area contributed by atoms with Crippen LogP contribution in [0.4, 0.5) is 13.2 Å². The van der Waals surface area contributed by atoms with Crippen LogP contribution in [0, 0.1) is 0 Å². The van der Waals surface area contributed by atoms with Crippen molar-refractivity contribution >= 4 is 11.9 Å². The molecule has 1 amide bonds. The Hall–Kier alpha value is -3.03. The Labute approximate surface area is 184 Å². The standard InChI is InChI=1S/C24H26F3NO4/c1-23(2,22(30)31)32-20-7-3-5-17(14-20)18-6-4-12-28(15-18)21(29)13-16-8-10-19(11-9-16)24(25,26)27/h3,5,7-11,14,18H,4,6,12-13,15H2,1-2H3,(H,30,31). The van der Waals surface area contributed by atoms with Gasteiger partial charge in [0.15, 0.2) is 5.60 Å². The van der Waals surface area contributed by atoms with Crippen LogP contribution in [0.1, 0.15) is 49.3 Å². The number of carbonyl (C=O) groups excluding carboxylic acids is 1. The van der Waals surface area contributed by atoms with Crippen molar-refractivity contribution < 1.29 is 32.6 Å². The van der Waals surface area contributed by atoms with Crippen molar-refractivity contribution in [2.45, 2.75) is 50.8 Å². The number of amides is 1. The van der Waals surface area contributed by atoms with E-state index >= 15 is 0 Å². The number of aliphatic carboxylic acids is 1. The number of carbonyl (C=O) groups is 2. The molecule has 0 saturated carbocycles. The molecule has 1 saturated heterocycles. The smallest absolute Gasteiger partial charge is 0.416 e. The minimum atomic E-state index is -4.40.